The summed E-state index contributed by atoms with van der Waals surface area (Å²) in [5.41, 5.74) is 4.32. The number of hydrogen-bond donors (Lipinski definition) is 4. The van der Waals surface area contributed by atoms with Crippen LogP contribution < -0.4 is 10.6 Å². The predicted octanol–water partition coefficient (Wildman–Crippen LogP) is 2.64. The Kier molecular flexibility index (Phi) is 7.62. The van der Waals surface area contributed by atoms with Gasteiger partial charge in [0.05, 0.1) is 23.7 Å². The van der Waals surface area contributed by atoms with Gasteiger partial charge in [-0.05, 0) is 93.0 Å². The Bertz CT molecular complexity index is 1150. The normalized spacial score (nSPS) is 21.1. The third-order valence-corrected chi connectivity index (χ3v) is 7.77. The van der Waals surface area contributed by atoms with Crippen LogP contribution in [0.15, 0.2) is 54.7 Å². The number of aromatic nitrogens is 3. The van der Waals surface area contributed by atoms with E-state index in [-0.39, 0.29) is 11.8 Å². The van der Waals surface area contributed by atoms with Crippen LogP contribution in [0.4, 0.5) is 0 Å². The molecular formula is C28H33N5O4. The fraction of sp³-hybridized carbons (Fsp3) is 0.429. The summed E-state index contributed by atoms with van der Waals surface area (Å²) in [4.78, 5) is 23.8. The van der Waals surface area contributed by atoms with Gasteiger partial charge < -0.3 is 20.8 Å². The molecule has 2 fully saturated rings. The number of benzene rings is 2. The van der Waals surface area contributed by atoms with E-state index in [9.17, 15) is 19.8 Å². The molecule has 4 atom stereocenters. The van der Waals surface area contributed by atoms with Gasteiger partial charge in [-0.2, -0.15) is 0 Å². The van der Waals surface area contributed by atoms with E-state index >= 15 is 0 Å². The van der Waals surface area contributed by atoms with Crippen molar-refractivity contribution >= 4 is 11.9 Å². The van der Waals surface area contributed by atoms with Gasteiger partial charge in [0.15, 0.2) is 0 Å². The first-order valence-corrected chi connectivity index (χ1v) is 13.0. The van der Waals surface area contributed by atoms with Crippen LogP contribution in [0.3, 0.4) is 0 Å². The van der Waals surface area contributed by atoms with Crippen LogP contribution in [0.25, 0.3) is 16.9 Å². The maximum atomic E-state index is 11.9. The smallest absolute Gasteiger partial charge is 0.307 e. The zero-order valence-corrected chi connectivity index (χ0v) is 20.7. The summed E-state index contributed by atoms with van der Waals surface area (Å²) in [5, 5.41) is 34.8. The third kappa shape index (κ3) is 5.89. The molecule has 2 aromatic carbocycles. The van der Waals surface area contributed by atoms with Gasteiger partial charge in [-0.25, -0.2) is 4.68 Å². The molecule has 194 valence electrons. The standard InChI is InChI=1S/C28H33N5O4/c34-27(35)24(21-7-9-29-15-21)13-18-3-1-5-20(11-18)26-17-33(32-31-26)23-6-2-4-19(12-23)14-25(28(36)37)22-8-10-30-16-22/h1-6,11-12,17,21-22,24-25,29-30H,7-10,13-16H2,(H,34,35)(H,36,37)/t21-,22-,24-,25-/m0/s1. The molecule has 2 aliphatic heterocycles. The molecule has 2 aliphatic rings. The van der Waals surface area contributed by atoms with Gasteiger partial charge >= 0.3 is 11.9 Å². The van der Waals surface area contributed by atoms with Crippen molar-refractivity contribution in [1.29, 1.82) is 0 Å². The second-order valence-corrected chi connectivity index (χ2v) is 10.2. The lowest BCUT2D eigenvalue weighted by molar-refractivity contribution is -0.144. The number of carboxylic acid groups (broad SMARTS) is 2. The molecule has 0 bridgehead atoms. The highest BCUT2D eigenvalue weighted by Gasteiger charge is 2.31. The minimum atomic E-state index is -0.753. The number of carboxylic acids is 2. The second kappa shape index (κ2) is 11.2. The first kappa shape index (κ1) is 25.1. The van der Waals surface area contributed by atoms with Gasteiger partial charge in [0.2, 0.25) is 0 Å². The van der Waals surface area contributed by atoms with E-state index in [4.69, 9.17) is 0 Å². The van der Waals surface area contributed by atoms with E-state index in [1.54, 1.807) is 4.68 Å². The maximum absolute atomic E-state index is 11.9. The topological polar surface area (TPSA) is 129 Å². The minimum Gasteiger partial charge on any atom is -0.481 e. The number of carbonyl (C=O) groups is 2. The summed E-state index contributed by atoms with van der Waals surface area (Å²) in [5.74, 6) is -2.07. The van der Waals surface area contributed by atoms with Crippen LogP contribution in [0, 0.1) is 23.7 Å². The SMILES string of the molecule is O=C(O)[C@@H](Cc1cccc(-c2cn(-c3cccc(C[C@H](C(=O)O)[C@H]4CCNC4)c3)nn2)c1)[C@H]1CCNC1. The van der Waals surface area contributed by atoms with Gasteiger partial charge in [0.1, 0.15) is 5.69 Å². The van der Waals surface area contributed by atoms with E-state index in [1.807, 2.05) is 54.7 Å². The van der Waals surface area contributed by atoms with Gasteiger partial charge in [-0.3, -0.25) is 9.59 Å². The van der Waals surface area contributed by atoms with Crippen molar-refractivity contribution in [3.8, 4) is 16.9 Å². The quantitative estimate of drug-likeness (QED) is 0.332. The number of aliphatic carboxylic acids is 2. The summed E-state index contributed by atoms with van der Waals surface area (Å²) in [6.45, 7) is 3.22. The van der Waals surface area contributed by atoms with Crippen LogP contribution in [0.2, 0.25) is 0 Å². The van der Waals surface area contributed by atoms with Crippen LogP contribution in [-0.2, 0) is 22.4 Å². The molecule has 1 aromatic heterocycles. The summed E-state index contributed by atoms with van der Waals surface area (Å²) < 4.78 is 1.70. The molecule has 2 saturated heterocycles. The van der Waals surface area contributed by atoms with Crippen molar-refractivity contribution in [2.45, 2.75) is 25.7 Å². The van der Waals surface area contributed by atoms with Crippen LogP contribution >= 0.6 is 0 Å². The van der Waals surface area contributed by atoms with Crippen molar-refractivity contribution < 1.29 is 19.8 Å². The first-order chi connectivity index (χ1) is 18.0. The molecule has 0 amide bonds. The average Bonchev–Trinajstić information content (AvgIpc) is 3.69. The van der Waals surface area contributed by atoms with E-state index in [0.29, 0.717) is 18.5 Å². The fourth-order valence-corrected chi connectivity index (χ4v) is 5.67. The molecule has 5 rings (SSSR count). The number of rotatable bonds is 10. The predicted molar refractivity (Wildman–Crippen MR) is 138 cm³/mol. The van der Waals surface area contributed by atoms with Crippen molar-refractivity contribution in [2.24, 2.45) is 23.7 Å². The Hall–Kier alpha value is -3.56. The molecule has 4 N–H and O–H groups in total. The average molecular weight is 504 g/mol. The second-order valence-electron chi connectivity index (χ2n) is 10.2. The van der Waals surface area contributed by atoms with E-state index < -0.39 is 23.8 Å². The lowest BCUT2D eigenvalue weighted by Crippen LogP contribution is -2.27. The highest BCUT2D eigenvalue weighted by Crippen LogP contribution is 2.27. The van der Waals surface area contributed by atoms with E-state index in [1.165, 1.54) is 0 Å². The van der Waals surface area contributed by atoms with Crippen molar-refractivity contribution in [3.05, 3.63) is 65.9 Å². The number of nitrogens with one attached hydrogen (secondary N) is 2. The Labute approximate surface area is 215 Å². The highest BCUT2D eigenvalue weighted by atomic mass is 16.4. The molecule has 0 spiro atoms. The Morgan fingerprint density at radius 1 is 0.892 bits per heavy atom. The highest BCUT2D eigenvalue weighted by molar-refractivity contribution is 5.71. The first-order valence-electron chi connectivity index (χ1n) is 13.0. The molecule has 0 aliphatic carbocycles. The Morgan fingerprint density at radius 3 is 2.05 bits per heavy atom. The van der Waals surface area contributed by atoms with Crippen molar-refractivity contribution in [3.63, 3.8) is 0 Å². The van der Waals surface area contributed by atoms with Crippen molar-refractivity contribution in [1.82, 2.24) is 25.6 Å². The van der Waals surface area contributed by atoms with Crippen LogP contribution in [0.5, 0.6) is 0 Å². The largest absolute Gasteiger partial charge is 0.481 e. The van der Waals surface area contributed by atoms with Gasteiger partial charge in [0.25, 0.3) is 0 Å². The molecule has 3 heterocycles. The number of hydrogen-bond acceptors (Lipinski definition) is 6. The lowest BCUT2D eigenvalue weighted by atomic mass is 9.86. The zero-order valence-electron chi connectivity index (χ0n) is 20.7. The molecule has 0 radical (unpaired) electrons. The number of nitrogens with zero attached hydrogens (tertiary/aromatic N) is 3. The molecule has 9 heteroatoms. The monoisotopic (exact) mass is 503 g/mol. The van der Waals surface area contributed by atoms with Crippen LogP contribution in [-0.4, -0.2) is 63.3 Å². The minimum absolute atomic E-state index is 0.136. The molecule has 37 heavy (non-hydrogen) atoms. The van der Waals surface area contributed by atoms with Crippen molar-refractivity contribution in [2.75, 3.05) is 26.2 Å². The summed E-state index contributed by atoms with van der Waals surface area (Å²) in [7, 11) is 0. The van der Waals surface area contributed by atoms with E-state index in [2.05, 4.69) is 20.9 Å². The maximum Gasteiger partial charge on any atom is 0.307 e. The Balaban J connectivity index is 1.32. The lowest BCUT2D eigenvalue weighted by Gasteiger charge is -2.19. The molecule has 0 saturated carbocycles. The summed E-state index contributed by atoms with van der Waals surface area (Å²) in [6.07, 6.45) is 4.57. The van der Waals surface area contributed by atoms with Gasteiger partial charge in [-0.15, -0.1) is 5.10 Å². The van der Waals surface area contributed by atoms with E-state index in [0.717, 1.165) is 61.4 Å². The summed E-state index contributed by atoms with van der Waals surface area (Å²) in [6, 6.07) is 15.6. The van der Waals surface area contributed by atoms with Gasteiger partial charge in [-0.1, -0.05) is 35.5 Å². The fourth-order valence-electron chi connectivity index (χ4n) is 5.67. The van der Waals surface area contributed by atoms with Gasteiger partial charge in [0, 0.05) is 5.56 Å². The Morgan fingerprint density at radius 2 is 1.49 bits per heavy atom. The molecule has 3 aromatic rings. The molecule has 0 unspecified atom stereocenters. The zero-order chi connectivity index (χ0) is 25.8. The third-order valence-electron chi connectivity index (χ3n) is 7.77. The van der Waals surface area contributed by atoms with Crippen LogP contribution in [0.1, 0.15) is 24.0 Å². The summed E-state index contributed by atoms with van der Waals surface area (Å²) >= 11 is 0. The molecule has 9 nitrogen and oxygen atoms in total. The molecular weight excluding hydrogens is 470 g/mol.